The van der Waals surface area contributed by atoms with Gasteiger partial charge in [0.15, 0.2) is 0 Å². The van der Waals surface area contributed by atoms with Crippen molar-refractivity contribution in [3.8, 4) is 0 Å². The molecule has 1 rings (SSSR count). The monoisotopic (exact) mass is 244 g/mol. The van der Waals surface area contributed by atoms with E-state index in [-0.39, 0.29) is 11.4 Å². The molecule has 1 amide bonds. The molecule has 0 aliphatic carbocycles. The fourth-order valence-electron chi connectivity index (χ4n) is 1.64. The molecule has 1 saturated heterocycles. The Morgan fingerprint density at radius 3 is 2.75 bits per heavy atom. The van der Waals surface area contributed by atoms with E-state index in [1.165, 1.54) is 17.9 Å². The first-order valence-electron chi connectivity index (χ1n) is 6.07. The second-order valence-corrected chi connectivity index (χ2v) is 6.61. The molecule has 94 valence electrons. The smallest absolute Gasteiger partial charge is 0.221 e. The highest BCUT2D eigenvalue weighted by atomic mass is 32.2. The van der Waals surface area contributed by atoms with Crippen molar-refractivity contribution < 1.29 is 4.79 Å². The van der Waals surface area contributed by atoms with E-state index in [2.05, 4.69) is 31.4 Å². The minimum atomic E-state index is 0.0996. The van der Waals surface area contributed by atoms with Crippen molar-refractivity contribution >= 4 is 17.7 Å². The molecule has 0 spiro atoms. The number of carbonyl (C=O) groups excluding carboxylic acids is 1. The summed E-state index contributed by atoms with van der Waals surface area (Å²) in [5.74, 6) is 3.34. The van der Waals surface area contributed by atoms with Gasteiger partial charge in [-0.15, -0.1) is 0 Å². The van der Waals surface area contributed by atoms with Crippen molar-refractivity contribution in [2.24, 2.45) is 5.92 Å². The Bertz CT molecular complexity index is 220. The standard InChI is InChI=1S/C12H24N2OS/c1-12(2,3)14-6-4-11(15)13-8-10-5-7-16-9-10/h10,14H,4-9H2,1-3H3,(H,13,15). The van der Waals surface area contributed by atoms with Crippen molar-refractivity contribution in [2.75, 3.05) is 24.6 Å². The van der Waals surface area contributed by atoms with Crippen molar-refractivity contribution in [3.05, 3.63) is 0 Å². The highest BCUT2D eigenvalue weighted by molar-refractivity contribution is 7.99. The number of carbonyl (C=O) groups is 1. The van der Waals surface area contributed by atoms with Crippen LogP contribution in [0.3, 0.4) is 0 Å². The third-order valence-corrected chi connectivity index (χ3v) is 3.85. The van der Waals surface area contributed by atoms with Crippen LogP contribution in [0.15, 0.2) is 0 Å². The van der Waals surface area contributed by atoms with Gasteiger partial charge in [-0.3, -0.25) is 4.79 Å². The van der Waals surface area contributed by atoms with Crippen LogP contribution in [-0.4, -0.2) is 36.0 Å². The summed E-state index contributed by atoms with van der Waals surface area (Å²) in [6.07, 6.45) is 1.84. The van der Waals surface area contributed by atoms with E-state index in [4.69, 9.17) is 0 Å². The highest BCUT2D eigenvalue weighted by Crippen LogP contribution is 2.22. The van der Waals surface area contributed by atoms with Crippen molar-refractivity contribution in [1.29, 1.82) is 0 Å². The first kappa shape index (κ1) is 13.8. The fraction of sp³-hybridized carbons (Fsp3) is 0.917. The molecule has 0 aromatic heterocycles. The van der Waals surface area contributed by atoms with Gasteiger partial charge in [0.1, 0.15) is 0 Å². The molecular formula is C12H24N2OS. The molecule has 0 bridgehead atoms. The summed E-state index contributed by atoms with van der Waals surface area (Å²) >= 11 is 1.99. The molecular weight excluding hydrogens is 220 g/mol. The van der Waals surface area contributed by atoms with Crippen LogP contribution in [-0.2, 0) is 4.79 Å². The van der Waals surface area contributed by atoms with Crippen LogP contribution in [0.4, 0.5) is 0 Å². The van der Waals surface area contributed by atoms with Gasteiger partial charge in [-0.05, 0) is 44.6 Å². The first-order chi connectivity index (χ1) is 7.47. The zero-order chi connectivity index (χ0) is 12.0. The van der Waals surface area contributed by atoms with Gasteiger partial charge in [0.25, 0.3) is 0 Å². The largest absolute Gasteiger partial charge is 0.356 e. The predicted octanol–water partition coefficient (Wildman–Crippen LogP) is 1.63. The van der Waals surface area contributed by atoms with Gasteiger partial charge in [0, 0.05) is 25.0 Å². The normalized spacial score (nSPS) is 21.1. The number of rotatable bonds is 5. The molecule has 1 aliphatic heterocycles. The maximum Gasteiger partial charge on any atom is 0.221 e. The van der Waals surface area contributed by atoms with Crippen LogP contribution in [0.2, 0.25) is 0 Å². The average molecular weight is 244 g/mol. The first-order valence-corrected chi connectivity index (χ1v) is 7.22. The van der Waals surface area contributed by atoms with Gasteiger partial charge in [0.2, 0.25) is 5.91 Å². The van der Waals surface area contributed by atoms with E-state index in [1.54, 1.807) is 0 Å². The van der Waals surface area contributed by atoms with Crippen LogP contribution in [0.1, 0.15) is 33.6 Å². The van der Waals surface area contributed by atoms with Gasteiger partial charge < -0.3 is 10.6 Å². The van der Waals surface area contributed by atoms with Crippen molar-refractivity contribution in [2.45, 2.75) is 39.2 Å². The molecule has 1 aliphatic rings. The van der Waals surface area contributed by atoms with Gasteiger partial charge in [-0.2, -0.15) is 11.8 Å². The fourth-order valence-corrected chi connectivity index (χ4v) is 2.93. The van der Waals surface area contributed by atoms with Crippen LogP contribution >= 0.6 is 11.8 Å². The second kappa shape index (κ2) is 6.50. The Morgan fingerprint density at radius 1 is 1.44 bits per heavy atom. The molecule has 4 heteroatoms. The van der Waals surface area contributed by atoms with Gasteiger partial charge in [-0.25, -0.2) is 0 Å². The third kappa shape index (κ3) is 6.38. The van der Waals surface area contributed by atoms with E-state index in [0.29, 0.717) is 12.3 Å². The zero-order valence-corrected chi connectivity index (χ0v) is 11.5. The summed E-state index contributed by atoms with van der Waals surface area (Å²) in [7, 11) is 0. The number of nitrogens with one attached hydrogen (secondary N) is 2. The van der Waals surface area contributed by atoms with E-state index in [9.17, 15) is 4.79 Å². The highest BCUT2D eigenvalue weighted by Gasteiger charge is 2.16. The van der Waals surface area contributed by atoms with E-state index < -0.39 is 0 Å². The molecule has 3 nitrogen and oxygen atoms in total. The molecule has 0 aromatic rings. The SMILES string of the molecule is CC(C)(C)NCCC(=O)NCC1CCSC1. The third-order valence-electron chi connectivity index (χ3n) is 2.62. The molecule has 1 unspecified atom stereocenters. The lowest BCUT2D eigenvalue weighted by atomic mass is 10.1. The minimum Gasteiger partial charge on any atom is -0.356 e. The molecule has 0 saturated carbocycles. The summed E-state index contributed by atoms with van der Waals surface area (Å²) in [5.41, 5.74) is 0.0996. The summed E-state index contributed by atoms with van der Waals surface area (Å²) in [4.78, 5) is 11.5. The molecule has 0 radical (unpaired) electrons. The van der Waals surface area contributed by atoms with Crippen LogP contribution in [0, 0.1) is 5.92 Å². The topological polar surface area (TPSA) is 41.1 Å². The average Bonchev–Trinajstić information content (AvgIpc) is 2.65. The maximum atomic E-state index is 11.5. The Balaban J connectivity index is 2.02. The molecule has 0 aromatic carbocycles. The Hall–Kier alpha value is -0.220. The minimum absolute atomic E-state index is 0.0996. The van der Waals surface area contributed by atoms with Crippen molar-refractivity contribution in [3.63, 3.8) is 0 Å². The maximum absolute atomic E-state index is 11.5. The molecule has 1 heterocycles. The molecule has 1 atom stereocenters. The summed E-state index contributed by atoms with van der Waals surface area (Å²) in [6.45, 7) is 7.96. The van der Waals surface area contributed by atoms with E-state index in [1.807, 2.05) is 11.8 Å². The van der Waals surface area contributed by atoms with Crippen LogP contribution in [0.25, 0.3) is 0 Å². The number of thioether (sulfide) groups is 1. The Morgan fingerprint density at radius 2 is 2.19 bits per heavy atom. The van der Waals surface area contributed by atoms with Crippen LogP contribution in [0.5, 0.6) is 0 Å². The second-order valence-electron chi connectivity index (χ2n) is 5.46. The summed E-state index contributed by atoms with van der Waals surface area (Å²) in [6, 6.07) is 0. The zero-order valence-electron chi connectivity index (χ0n) is 10.6. The van der Waals surface area contributed by atoms with Crippen molar-refractivity contribution in [1.82, 2.24) is 10.6 Å². The summed E-state index contributed by atoms with van der Waals surface area (Å²) in [5, 5.41) is 6.33. The van der Waals surface area contributed by atoms with Gasteiger partial charge in [0.05, 0.1) is 0 Å². The lowest BCUT2D eigenvalue weighted by Gasteiger charge is -2.20. The van der Waals surface area contributed by atoms with E-state index >= 15 is 0 Å². The molecule has 16 heavy (non-hydrogen) atoms. The Labute approximate surface area is 103 Å². The van der Waals surface area contributed by atoms with E-state index in [0.717, 1.165) is 13.1 Å². The number of amides is 1. The number of hydrogen-bond acceptors (Lipinski definition) is 3. The lowest BCUT2D eigenvalue weighted by molar-refractivity contribution is -0.121. The lowest BCUT2D eigenvalue weighted by Crippen LogP contribution is -2.39. The van der Waals surface area contributed by atoms with Gasteiger partial charge >= 0.3 is 0 Å². The summed E-state index contributed by atoms with van der Waals surface area (Å²) < 4.78 is 0. The van der Waals surface area contributed by atoms with Gasteiger partial charge in [-0.1, -0.05) is 0 Å². The molecule has 2 N–H and O–H groups in total. The van der Waals surface area contributed by atoms with Crippen LogP contribution < -0.4 is 10.6 Å². The number of hydrogen-bond donors (Lipinski definition) is 2. The quantitative estimate of drug-likeness (QED) is 0.772. The predicted molar refractivity (Wildman–Crippen MR) is 70.8 cm³/mol. The molecule has 1 fully saturated rings. The Kier molecular flexibility index (Phi) is 5.62.